The Balaban J connectivity index is 1.43. The maximum atomic E-state index is 13.8. The molecule has 2 heterocycles. The Hall–Kier alpha value is -2.97. The highest BCUT2D eigenvalue weighted by Crippen LogP contribution is 2.21. The molecule has 8 nitrogen and oxygen atoms in total. The van der Waals surface area contributed by atoms with Crippen LogP contribution >= 0.6 is 0 Å². The minimum Gasteiger partial charge on any atom is -0.450 e. The molecule has 0 saturated carbocycles. The average Bonchev–Trinajstić information content (AvgIpc) is 3.16. The van der Waals surface area contributed by atoms with Gasteiger partial charge in [0.15, 0.2) is 0 Å². The van der Waals surface area contributed by atoms with Crippen LogP contribution in [0.15, 0.2) is 28.7 Å². The molecule has 3 rings (SSSR count). The van der Waals surface area contributed by atoms with E-state index in [1.165, 1.54) is 6.07 Å². The van der Waals surface area contributed by atoms with Gasteiger partial charge in [-0.05, 0) is 31.9 Å². The second-order valence-corrected chi connectivity index (χ2v) is 6.51. The predicted octanol–water partition coefficient (Wildman–Crippen LogP) is 2.55. The Kier molecular flexibility index (Phi) is 6.57. The van der Waals surface area contributed by atoms with Crippen molar-refractivity contribution >= 4 is 12.0 Å². The van der Waals surface area contributed by atoms with Crippen LogP contribution in [0.3, 0.4) is 0 Å². The third-order valence-corrected chi connectivity index (χ3v) is 4.52. The van der Waals surface area contributed by atoms with Crippen molar-refractivity contribution in [1.82, 2.24) is 20.4 Å². The topological polar surface area (TPSA) is 97.6 Å². The lowest BCUT2D eigenvalue weighted by Gasteiger charge is -2.31. The number of nitrogens with one attached hydrogen (secondary N) is 1. The zero-order valence-corrected chi connectivity index (χ0v) is 15.7. The van der Waals surface area contributed by atoms with E-state index in [4.69, 9.17) is 9.15 Å². The van der Waals surface area contributed by atoms with Crippen molar-refractivity contribution < 1.29 is 23.1 Å². The maximum Gasteiger partial charge on any atom is 0.409 e. The minimum atomic E-state index is -0.440. The van der Waals surface area contributed by atoms with E-state index in [2.05, 4.69) is 15.5 Å². The van der Waals surface area contributed by atoms with E-state index in [9.17, 15) is 14.0 Å². The van der Waals surface area contributed by atoms with E-state index >= 15 is 0 Å². The Labute approximate surface area is 162 Å². The summed E-state index contributed by atoms with van der Waals surface area (Å²) < 4.78 is 24.2. The van der Waals surface area contributed by atoms with Gasteiger partial charge in [0, 0.05) is 32.0 Å². The van der Waals surface area contributed by atoms with Crippen molar-refractivity contribution in [1.29, 1.82) is 0 Å². The van der Waals surface area contributed by atoms with E-state index in [0.717, 1.165) is 0 Å². The van der Waals surface area contributed by atoms with E-state index in [1.807, 2.05) is 0 Å². The van der Waals surface area contributed by atoms with Gasteiger partial charge < -0.3 is 19.4 Å². The summed E-state index contributed by atoms with van der Waals surface area (Å²) >= 11 is 0. The zero-order chi connectivity index (χ0) is 19.9. The van der Waals surface area contributed by atoms with Gasteiger partial charge in [-0.3, -0.25) is 4.79 Å². The van der Waals surface area contributed by atoms with Crippen molar-refractivity contribution in [3.05, 3.63) is 36.0 Å². The second kappa shape index (κ2) is 9.29. The van der Waals surface area contributed by atoms with E-state index in [1.54, 1.807) is 30.0 Å². The van der Waals surface area contributed by atoms with E-state index < -0.39 is 5.82 Å². The molecule has 1 fully saturated rings. The Morgan fingerprint density at radius 3 is 2.75 bits per heavy atom. The molecule has 1 aliphatic heterocycles. The number of aromatic nitrogens is 2. The standard InChI is InChI=1S/C19H23FN4O4/c1-2-27-19(26)24-11-9-13(10-12-24)21-16(25)7-8-17-22-23-18(28-17)14-5-3-4-6-15(14)20/h3-6,13H,2,7-12H2,1H3,(H,21,25). The summed E-state index contributed by atoms with van der Waals surface area (Å²) in [6.45, 7) is 3.23. The fourth-order valence-corrected chi connectivity index (χ4v) is 3.04. The summed E-state index contributed by atoms with van der Waals surface area (Å²) in [5.41, 5.74) is 0.235. The van der Waals surface area contributed by atoms with Crippen LogP contribution in [0.25, 0.3) is 11.5 Å². The molecular weight excluding hydrogens is 367 g/mol. The number of ether oxygens (including phenoxy) is 1. The molecule has 1 saturated heterocycles. The number of aryl methyl sites for hydroxylation is 1. The molecule has 9 heteroatoms. The Morgan fingerprint density at radius 2 is 2.04 bits per heavy atom. The highest BCUT2D eigenvalue weighted by atomic mass is 19.1. The third-order valence-electron chi connectivity index (χ3n) is 4.52. The normalized spacial score (nSPS) is 14.7. The number of nitrogens with zero attached hydrogens (tertiary/aromatic N) is 3. The first-order chi connectivity index (χ1) is 13.6. The van der Waals surface area contributed by atoms with Crippen LogP contribution in [0.4, 0.5) is 9.18 Å². The molecule has 0 radical (unpaired) electrons. The molecule has 0 aliphatic carbocycles. The number of hydrogen-bond acceptors (Lipinski definition) is 6. The van der Waals surface area contributed by atoms with Crippen molar-refractivity contribution in [2.45, 2.75) is 38.6 Å². The first-order valence-electron chi connectivity index (χ1n) is 9.35. The van der Waals surface area contributed by atoms with Gasteiger partial charge in [0.25, 0.3) is 5.89 Å². The van der Waals surface area contributed by atoms with Crippen LogP contribution in [0.1, 0.15) is 32.1 Å². The lowest BCUT2D eigenvalue weighted by molar-refractivity contribution is -0.122. The fourth-order valence-electron chi connectivity index (χ4n) is 3.04. The second-order valence-electron chi connectivity index (χ2n) is 6.51. The quantitative estimate of drug-likeness (QED) is 0.814. The smallest absolute Gasteiger partial charge is 0.409 e. The van der Waals surface area contributed by atoms with Crippen molar-refractivity contribution in [2.24, 2.45) is 0 Å². The molecule has 0 bridgehead atoms. The molecule has 2 aromatic rings. The van der Waals surface area contributed by atoms with Gasteiger partial charge in [-0.1, -0.05) is 12.1 Å². The molecular formula is C19H23FN4O4. The van der Waals surface area contributed by atoms with Gasteiger partial charge >= 0.3 is 6.09 Å². The Bertz CT molecular complexity index is 818. The van der Waals surface area contributed by atoms with Crippen LogP contribution in [0.5, 0.6) is 0 Å². The number of rotatable bonds is 6. The molecule has 0 spiro atoms. The number of piperidine rings is 1. The molecule has 150 valence electrons. The van der Waals surface area contributed by atoms with Gasteiger partial charge in [-0.25, -0.2) is 9.18 Å². The van der Waals surface area contributed by atoms with Crippen molar-refractivity contribution in [2.75, 3.05) is 19.7 Å². The van der Waals surface area contributed by atoms with Gasteiger partial charge in [0.2, 0.25) is 11.8 Å². The van der Waals surface area contributed by atoms with Crippen molar-refractivity contribution in [3.8, 4) is 11.5 Å². The lowest BCUT2D eigenvalue weighted by Crippen LogP contribution is -2.46. The Morgan fingerprint density at radius 1 is 1.29 bits per heavy atom. The van der Waals surface area contributed by atoms with Gasteiger partial charge in [-0.2, -0.15) is 0 Å². The lowest BCUT2D eigenvalue weighted by atomic mass is 10.1. The molecule has 1 aromatic carbocycles. The van der Waals surface area contributed by atoms with Crippen LogP contribution in [0.2, 0.25) is 0 Å². The monoisotopic (exact) mass is 390 g/mol. The number of carbonyl (C=O) groups is 2. The molecule has 2 amide bonds. The molecule has 1 aliphatic rings. The zero-order valence-electron chi connectivity index (χ0n) is 15.7. The minimum absolute atomic E-state index is 0.0230. The molecule has 1 aromatic heterocycles. The highest BCUT2D eigenvalue weighted by Gasteiger charge is 2.24. The average molecular weight is 390 g/mol. The molecule has 0 unspecified atom stereocenters. The third kappa shape index (κ3) is 5.05. The molecule has 1 N–H and O–H groups in total. The van der Waals surface area contributed by atoms with Crippen molar-refractivity contribution in [3.63, 3.8) is 0 Å². The number of benzene rings is 1. The molecule has 0 atom stereocenters. The highest BCUT2D eigenvalue weighted by molar-refractivity contribution is 5.76. The number of hydrogen-bond donors (Lipinski definition) is 1. The van der Waals surface area contributed by atoms with Gasteiger partial charge in [0.1, 0.15) is 5.82 Å². The number of carbonyl (C=O) groups excluding carboxylic acids is 2. The number of halogens is 1. The summed E-state index contributed by atoms with van der Waals surface area (Å²) in [6, 6.07) is 6.16. The van der Waals surface area contributed by atoms with Crippen LogP contribution in [-0.4, -0.2) is 52.8 Å². The summed E-state index contributed by atoms with van der Waals surface area (Å²) in [7, 11) is 0. The fraction of sp³-hybridized carbons (Fsp3) is 0.474. The summed E-state index contributed by atoms with van der Waals surface area (Å²) in [5.74, 6) is -0.185. The first-order valence-corrected chi connectivity index (χ1v) is 9.35. The van der Waals surface area contributed by atoms with Gasteiger partial charge in [-0.15, -0.1) is 10.2 Å². The number of amides is 2. The SMILES string of the molecule is CCOC(=O)N1CCC(NC(=O)CCc2nnc(-c3ccccc3F)o2)CC1. The summed E-state index contributed by atoms with van der Waals surface area (Å²) in [4.78, 5) is 25.5. The van der Waals surface area contributed by atoms with Crippen LogP contribution < -0.4 is 5.32 Å². The van der Waals surface area contributed by atoms with Crippen LogP contribution in [0, 0.1) is 5.82 Å². The maximum absolute atomic E-state index is 13.8. The largest absolute Gasteiger partial charge is 0.450 e. The van der Waals surface area contributed by atoms with Crippen LogP contribution in [-0.2, 0) is 16.0 Å². The number of likely N-dealkylation sites (tertiary alicyclic amines) is 1. The first kappa shape index (κ1) is 19.8. The molecule has 28 heavy (non-hydrogen) atoms. The van der Waals surface area contributed by atoms with Gasteiger partial charge in [0.05, 0.1) is 12.2 Å². The predicted molar refractivity (Wildman–Crippen MR) is 97.8 cm³/mol. The summed E-state index contributed by atoms with van der Waals surface area (Å²) in [6.07, 6.45) is 1.52. The summed E-state index contributed by atoms with van der Waals surface area (Å²) in [5, 5.41) is 10.7. The van der Waals surface area contributed by atoms with E-state index in [0.29, 0.717) is 32.5 Å². The van der Waals surface area contributed by atoms with E-state index in [-0.39, 0.29) is 48.2 Å².